The molecule has 0 aromatic carbocycles. The van der Waals surface area contributed by atoms with Crippen LogP contribution in [0.3, 0.4) is 0 Å². The Hall–Kier alpha value is -1.50. The van der Waals surface area contributed by atoms with E-state index in [0.29, 0.717) is 0 Å². The molecule has 0 heterocycles. The maximum atomic E-state index is 11.0. The van der Waals surface area contributed by atoms with Crippen LogP contribution in [0.2, 0.25) is 0 Å². The van der Waals surface area contributed by atoms with Crippen molar-refractivity contribution in [2.24, 2.45) is 0 Å². The summed E-state index contributed by atoms with van der Waals surface area (Å²) in [6.45, 7) is 3.29. The first-order valence-electron chi connectivity index (χ1n) is 3.83. The average Bonchev–Trinajstić information content (AvgIpc) is 2.11. The van der Waals surface area contributed by atoms with Gasteiger partial charge in [-0.15, -0.1) is 5.92 Å². The van der Waals surface area contributed by atoms with Gasteiger partial charge < -0.3 is 9.64 Å². The molecule has 4 nitrogen and oxygen atoms in total. The molecule has 0 aliphatic rings. The largest absolute Gasteiger partial charge is 0.468 e. The van der Waals surface area contributed by atoms with Gasteiger partial charge in [-0.3, -0.25) is 9.59 Å². The quantitative estimate of drug-likeness (QED) is 0.458. The lowest BCUT2D eigenvalue weighted by Crippen LogP contribution is -2.34. The molecular formula is C9H13NO3. The number of carbonyl (C=O) groups is 2. The van der Waals surface area contributed by atoms with Crippen molar-refractivity contribution in [3.8, 4) is 11.8 Å². The van der Waals surface area contributed by atoms with E-state index >= 15 is 0 Å². The number of rotatable bonds is 3. The van der Waals surface area contributed by atoms with Crippen LogP contribution in [0, 0.1) is 11.8 Å². The van der Waals surface area contributed by atoms with Crippen molar-refractivity contribution >= 4 is 11.9 Å². The Morgan fingerprint density at radius 1 is 1.46 bits per heavy atom. The van der Waals surface area contributed by atoms with E-state index in [1.54, 1.807) is 6.92 Å². The molecule has 0 bridgehead atoms. The molecule has 0 saturated carbocycles. The van der Waals surface area contributed by atoms with Gasteiger partial charge >= 0.3 is 5.97 Å². The highest BCUT2D eigenvalue weighted by Gasteiger charge is 2.11. The Kier molecular flexibility index (Phi) is 5.37. The lowest BCUT2D eigenvalue weighted by atomic mass is 10.4. The lowest BCUT2D eigenvalue weighted by Gasteiger charge is -2.15. The maximum absolute atomic E-state index is 11.0. The van der Waals surface area contributed by atoms with Crippen molar-refractivity contribution in [1.29, 1.82) is 0 Å². The third-order valence-corrected chi connectivity index (χ3v) is 1.44. The van der Waals surface area contributed by atoms with Crippen LogP contribution in [-0.2, 0) is 14.3 Å². The van der Waals surface area contributed by atoms with Gasteiger partial charge in [-0.25, -0.2) is 0 Å². The molecule has 0 aromatic heterocycles. The van der Waals surface area contributed by atoms with Crippen molar-refractivity contribution in [3.63, 3.8) is 0 Å². The van der Waals surface area contributed by atoms with Gasteiger partial charge in [0.1, 0.15) is 6.54 Å². The number of hydrogen-bond acceptors (Lipinski definition) is 3. The minimum absolute atomic E-state index is 0.0412. The molecule has 0 aromatic rings. The normalized spacial score (nSPS) is 8.23. The highest BCUT2D eigenvalue weighted by atomic mass is 16.5. The number of methoxy groups -OCH3 is 1. The summed E-state index contributed by atoms with van der Waals surface area (Å²) in [5.41, 5.74) is 0. The van der Waals surface area contributed by atoms with Gasteiger partial charge in [0.05, 0.1) is 13.7 Å². The molecule has 0 spiro atoms. The van der Waals surface area contributed by atoms with Crippen LogP contribution < -0.4 is 0 Å². The van der Waals surface area contributed by atoms with Gasteiger partial charge in [-0.2, -0.15) is 0 Å². The Morgan fingerprint density at radius 3 is 2.46 bits per heavy atom. The summed E-state index contributed by atoms with van der Waals surface area (Å²) >= 11 is 0. The summed E-state index contributed by atoms with van der Waals surface area (Å²) < 4.78 is 4.43. The second-order valence-electron chi connectivity index (χ2n) is 2.38. The van der Waals surface area contributed by atoms with E-state index in [2.05, 4.69) is 16.6 Å². The Balaban J connectivity index is 4.15. The number of hydrogen-bond donors (Lipinski definition) is 0. The van der Waals surface area contributed by atoms with E-state index in [1.807, 2.05) is 0 Å². The van der Waals surface area contributed by atoms with Gasteiger partial charge in [0, 0.05) is 6.92 Å². The van der Waals surface area contributed by atoms with Crippen molar-refractivity contribution in [2.45, 2.75) is 13.8 Å². The zero-order valence-corrected chi connectivity index (χ0v) is 8.09. The first kappa shape index (κ1) is 11.5. The summed E-state index contributed by atoms with van der Waals surface area (Å²) in [7, 11) is 1.28. The highest BCUT2D eigenvalue weighted by molar-refractivity contribution is 5.80. The zero-order chi connectivity index (χ0) is 10.3. The van der Waals surface area contributed by atoms with Gasteiger partial charge in [0.15, 0.2) is 0 Å². The summed E-state index contributed by atoms with van der Waals surface area (Å²) in [4.78, 5) is 23.1. The first-order chi connectivity index (χ1) is 6.11. The van der Waals surface area contributed by atoms with Crippen molar-refractivity contribution < 1.29 is 14.3 Å². The highest BCUT2D eigenvalue weighted by Crippen LogP contribution is 1.89. The van der Waals surface area contributed by atoms with Gasteiger partial charge in [-0.05, 0) is 6.92 Å². The molecule has 0 aliphatic carbocycles. The molecule has 0 rings (SSSR count). The number of carbonyl (C=O) groups excluding carboxylic acids is 2. The monoisotopic (exact) mass is 183 g/mol. The molecule has 0 saturated heterocycles. The fourth-order valence-electron chi connectivity index (χ4n) is 0.673. The molecule has 4 heteroatoms. The van der Waals surface area contributed by atoms with Crippen molar-refractivity contribution in [3.05, 3.63) is 0 Å². The van der Waals surface area contributed by atoms with E-state index in [4.69, 9.17) is 0 Å². The van der Waals surface area contributed by atoms with Crippen LogP contribution in [0.25, 0.3) is 0 Å². The van der Waals surface area contributed by atoms with Crippen LogP contribution in [0.1, 0.15) is 13.8 Å². The molecule has 0 atom stereocenters. The number of esters is 1. The minimum atomic E-state index is -0.437. The fraction of sp³-hybridized carbons (Fsp3) is 0.556. The second-order valence-corrected chi connectivity index (χ2v) is 2.38. The van der Waals surface area contributed by atoms with Crippen molar-refractivity contribution in [1.82, 2.24) is 4.90 Å². The standard InChI is InChI=1S/C9H13NO3/c1-4-5-6-10(8(2)11)7-9(12)13-3/h6-7H2,1-3H3. The van der Waals surface area contributed by atoms with Gasteiger partial charge in [-0.1, -0.05) is 5.92 Å². The predicted octanol–water partition coefficient (Wildman–Crippen LogP) is 0.0312. The number of ether oxygens (including phenoxy) is 1. The first-order valence-corrected chi connectivity index (χ1v) is 3.83. The van der Waals surface area contributed by atoms with Gasteiger partial charge in [0.2, 0.25) is 5.91 Å². The molecule has 0 fully saturated rings. The van der Waals surface area contributed by atoms with Crippen LogP contribution in [0.15, 0.2) is 0 Å². The molecule has 13 heavy (non-hydrogen) atoms. The summed E-state index contributed by atoms with van der Waals surface area (Å²) in [6.07, 6.45) is 0. The Labute approximate surface area is 77.9 Å². The average molecular weight is 183 g/mol. The molecule has 72 valence electrons. The summed E-state index contributed by atoms with van der Waals surface area (Å²) in [5, 5.41) is 0. The van der Waals surface area contributed by atoms with Gasteiger partial charge in [0.25, 0.3) is 0 Å². The lowest BCUT2D eigenvalue weighted by molar-refractivity contribution is -0.145. The number of amides is 1. The van der Waals surface area contributed by atoms with E-state index in [-0.39, 0.29) is 19.0 Å². The number of nitrogens with zero attached hydrogens (tertiary/aromatic N) is 1. The third kappa shape index (κ3) is 4.86. The molecule has 0 aliphatic heterocycles. The van der Waals surface area contributed by atoms with E-state index in [1.165, 1.54) is 18.9 Å². The van der Waals surface area contributed by atoms with Crippen LogP contribution in [0.5, 0.6) is 0 Å². The molecule has 1 amide bonds. The second kappa shape index (κ2) is 6.06. The van der Waals surface area contributed by atoms with E-state index in [9.17, 15) is 9.59 Å². The topological polar surface area (TPSA) is 46.6 Å². The SMILES string of the molecule is CC#CCN(CC(=O)OC)C(C)=O. The predicted molar refractivity (Wildman–Crippen MR) is 47.7 cm³/mol. The van der Waals surface area contributed by atoms with Crippen LogP contribution >= 0.6 is 0 Å². The third-order valence-electron chi connectivity index (χ3n) is 1.44. The molecule has 0 unspecified atom stereocenters. The van der Waals surface area contributed by atoms with E-state index < -0.39 is 5.97 Å². The molecule has 0 radical (unpaired) electrons. The van der Waals surface area contributed by atoms with Crippen molar-refractivity contribution in [2.75, 3.05) is 20.2 Å². The van der Waals surface area contributed by atoms with E-state index in [0.717, 1.165) is 0 Å². The minimum Gasteiger partial charge on any atom is -0.468 e. The Morgan fingerprint density at radius 2 is 2.08 bits per heavy atom. The van der Waals surface area contributed by atoms with Crippen LogP contribution in [-0.4, -0.2) is 37.0 Å². The maximum Gasteiger partial charge on any atom is 0.325 e. The molecule has 0 N–H and O–H groups in total. The molecular weight excluding hydrogens is 170 g/mol. The summed E-state index contributed by atoms with van der Waals surface area (Å²) in [6, 6.07) is 0. The Bertz CT molecular complexity index is 249. The summed E-state index contributed by atoms with van der Waals surface area (Å²) in [5.74, 6) is 4.73. The zero-order valence-electron chi connectivity index (χ0n) is 8.09. The fourth-order valence-corrected chi connectivity index (χ4v) is 0.673. The smallest absolute Gasteiger partial charge is 0.325 e. The van der Waals surface area contributed by atoms with Crippen LogP contribution in [0.4, 0.5) is 0 Å².